The van der Waals surface area contributed by atoms with Crippen molar-refractivity contribution >= 4 is 21.8 Å². The van der Waals surface area contributed by atoms with Crippen molar-refractivity contribution in [2.24, 2.45) is 5.92 Å². The number of amides is 1. The van der Waals surface area contributed by atoms with Crippen LogP contribution in [0.15, 0.2) is 22.7 Å². The van der Waals surface area contributed by atoms with Gasteiger partial charge in [0.15, 0.2) is 0 Å². The normalized spacial score (nSPS) is 15.7. The van der Waals surface area contributed by atoms with Gasteiger partial charge in [0, 0.05) is 37.4 Å². The van der Waals surface area contributed by atoms with Crippen LogP contribution < -0.4 is 5.32 Å². The van der Waals surface area contributed by atoms with E-state index in [0.717, 1.165) is 32.7 Å². The summed E-state index contributed by atoms with van der Waals surface area (Å²) in [5.74, 6) is -0.334. The summed E-state index contributed by atoms with van der Waals surface area (Å²) < 4.78 is 25.1. The fraction of sp³-hybridized carbons (Fsp3) is 0.562. The molecule has 22 heavy (non-hydrogen) atoms. The average Bonchev–Trinajstić information content (AvgIpc) is 2.54. The molecule has 1 N–H and O–H groups in total. The Bertz CT molecular complexity index is 492. The predicted octanol–water partition coefficient (Wildman–Crippen LogP) is 3.15. The standard InChI is InChI=1S/C16H21BrFNO3/c17-13-2-3-15(18)14(10-13)16(20)19-6-1-7-22-11-12-4-8-21-9-5-12/h2-3,10,12H,1,4-9,11H2,(H,19,20). The van der Waals surface area contributed by atoms with Crippen LogP contribution in [0.1, 0.15) is 29.6 Å². The number of carbonyl (C=O) groups is 1. The Morgan fingerprint density at radius 3 is 2.95 bits per heavy atom. The molecule has 0 unspecified atom stereocenters. The van der Waals surface area contributed by atoms with Gasteiger partial charge in [-0.2, -0.15) is 0 Å². The Labute approximate surface area is 138 Å². The maximum atomic E-state index is 13.5. The highest BCUT2D eigenvalue weighted by atomic mass is 79.9. The summed E-state index contributed by atoms with van der Waals surface area (Å²) in [6, 6.07) is 4.32. The molecule has 1 fully saturated rings. The van der Waals surface area contributed by atoms with Gasteiger partial charge in [-0.1, -0.05) is 15.9 Å². The van der Waals surface area contributed by atoms with Gasteiger partial charge in [0.1, 0.15) is 5.82 Å². The number of ether oxygens (including phenoxy) is 2. The SMILES string of the molecule is O=C(NCCCOCC1CCOCC1)c1cc(Br)ccc1F. The van der Waals surface area contributed by atoms with Crippen LogP contribution in [0.5, 0.6) is 0 Å². The van der Waals surface area contributed by atoms with E-state index in [1.54, 1.807) is 6.07 Å². The number of hydrogen-bond acceptors (Lipinski definition) is 3. The molecule has 1 aliphatic rings. The Kier molecular flexibility index (Phi) is 7.29. The zero-order chi connectivity index (χ0) is 15.8. The maximum absolute atomic E-state index is 13.5. The molecule has 6 heteroatoms. The zero-order valence-electron chi connectivity index (χ0n) is 12.4. The molecule has 1 heterocycles. The zero-order valence-corrected chi connectivity index (χ0v) is 14.0. The quantitative estimate of drug-likeness (QED) is 0.746. The third-order valence-electron chi connectivity index (χ3n) is 3.62. The van der Waals surface area contributed by atoms with E-state index in [1.807, 2.05) is 0 Å². The van der Waals surface area contributed by atoms with Crippen LogP contribution >= 0.6 is 15.9 Å². The fourth-order valence-electron chi connectivity index (χ4n) is 2.31. The number of halogens is 2. The Hall–Kier alpha value is -0.980. The average molecular weight is 374 g/mol. The molecule has 0 aliphatic carbocycles. The summed E-state index contributed by atoms with van der Waals surface area (Å²) in [6.07, 6.45) is 2.82. The number of hydrogen-bond donors (Lipinski definition) is 1. The smallest absolute Gasteiger partial charge is 0.254 e. The lowest BCUT2D eigenvalue weighted by Crippen LogP contribution is -2.26. The minimum absolute atomic E-state index is 0.0532. The summed E-state index contributed by atoms with van der Waals surface area (Å²) in [4.78, 5) is 11.9. The fourth-order valence-corrected chi connectivity index (χ4v) is 2.67. The van der Waals surface area contributed by atoms with Gasteiger partial charge in [-0.05, 0) is 43.4 Å². The molecule has 0 saturated carbocycles. The maximum Gasteiger partial charge on any atom is 0.254 e. The molecule has 0 spiro atoms. The lowest BCUT2D eigenvalue weighted by Gasteiger charge is -2.21. The molecule has 122 valence electrons. The van der Waals surface area contributed by atoms with Crippen LogP contribution in [0, 0.1) is 11.7 Å². The molecule has 0 bridgehead atoms. The lowest BCUT2D eigenvalue weighted by atomic mass is 10.0. The highest BCUT2D eigenvalue weighted by Gasteiger charge is 2.14. The molecule has 1 amide bonds. The van der Waals surface area contributed by atoms with Gasteiger partial charge in [0.2, 0.25) is 0 Å². The topological polar surface area (TPSA) is 47.6 Å². The van der Waals surface area contributed by atoms with E-state index in [2.05, 4.69) is 21.2 Å². The van der Waals surface area contributed by atoms with Crippen molar-refractivity contribution in [3.63, 3.8) is 0 Å². The molecular formula is C16H21BrFNO3. The summed E-state index contributed by atoms with van der Waals surface area (Å²) in [5, 5.41) is 2.71. The first-order valence-electron chi connectivity index (χ1n) is 7.55. The highest BCUT2D eigenvalue weighted by molar-refractivity contribution is 9.10. The second-order valence-electron chi connectivity index (χ2n) is 5.36. The summed E-state index contributed by atoms with van der Waals surface area (Å²) in [5.41, 5.74) is 0.0532. The van der Waals surface area contributed by atoms with Gasteiger partial charge in [-0.25, -0.2) is 4.39 Å². The van der Waals surface area contributed by atoms with Gasteiger partial charge in [0.05, 0.1) is 5.56 Å². The molecular weight excluding hydrogens is 353 g/mol. The van der Waals surface area contributed by atoms with Crippen LogP contribution in [0.2, 0.25) is 0 Å². The number of benzene rings is 1. The molecule has 1 aromatic carbocycles. The minimum Gasteiger partial charge on any atom is -0.381 e. The van der Waals surface area contributed by atoms with E-state index in [0.29, 0.717) is 30.0 Å². The predicted molar refractivity (Wildman–Crippen MR) is 85.4 cm³/mol. The van der Waals surface area contributed by atoms with Crippen molar-refractivity contribution < 1.29 is 18.7 Å². The Morgan fingerprint density at radius 1 is 1.41 bits per heavy atom. The highest BCUT2D eigenvalue weighted by Crippen LogP contribution is 2.16. The van der Waals surface area contributed by atoms with E-state index in [1.165, 1.54) is 12.1 Å². The van der Waals surface area contributed by atoms with Gasteiger partial charge >= 0.3 is 0 Å². The first kappa shape index (κ1) is 17.4. The summed E-state index contributed by atoms with van der Waals surface area (Å²) >= 11 is 3.23. The Balaban J connectivity index is 1.60. The van der Waals surface area contributed by atoms with Crippen molar-refractivity contribution in [2.75, 3.05) is 33.0 Å². The number of carbonyl (C=O) groups excluding carboxylic acids is 1. The van der Waals surface area contributed by atoms with Crippen molar-refractivity contribution in [3.8, 4) is 0 Å². The van der Waals surface area contributed by atoms with E-state index in [9.17, 15) is 9.18 Å². The van der Waals surface area contributed by atoms with Crippen molar-refractivity contribution in [1.82, 2.24) is 5.32 Å². The molecule has 0 atom stereocenters. The second-order valence-corrected chi connectivity index (χ2v) is 6.28. The van der Waals surface area contributed by atoms with Crippen molar-refractivity contribution in [3.05, 3.63) is 34.1 Å². The van der Waals surface area contributed by atoms with Gasteiger partial charge in [-0.15, -0.1) is 0 Å². The summed E-state index contributed by atoms with van der Waals surface area (Å²) in [7, 11) is 0. The van der Waals surface area contributed by atoms with Crippen LogP contribution in [0.25, 0.3) is 0 Å². The van der Waals surface area contributed by atoms with Crippen LogP contribution in [0.4, 0.5) is 4.39 Å². The van der Waals surface area contributed by atoms with Crippen LogP contribution in [-0.4, -0.2) is 38.9 Å². The Morgan fingerprint density at radius 2 is 2.18 bits per heavy atom. The third-order valence-corrected chi connectivity index (χ3v) is 4.11. The molecule has 1 saturated heterocycles. The van der Waals surface area contributed by atoms with Crippen molar-refractivity contribution in [1.29, 1.82) is 0 Å². The van der Waals surface area contributed by atoms with E-state index in [-0.39, 0.29) is 5.56 Å². The van der Waals surface area contributed by atoms with E-state index < -0.39 is 11.7 Å². The third kappa shape index (κ3) is 5.66. The first-order valence-corrected chi connectivity index (χ1v) is 8.35. The van der Waals surface area contributed by atoms with Crippen LogP contribution in [0.3, 0.4) is 0 Å². The van der Waals surface area contributed by atoms with Gasteiger partial charge < -0.3 is 14.8 Å². The van der Waals surface area contributed by atoms with Gasteiger partial charge in [-0.3, -0.25) is 4.79 Å². The van der Waals surface area contributed by atoms with Crippen LogP contribution in [-0.2, 0) is 9.47 Å². The van der Waals surface area contributed by atoms with E-state index >= 15 is 0 Å². The number of nitrogens with one attached hydrogen (secondary N) is 1. The molecule has 0 radical (unpaired) electrons. The lowest BCUT2D eigenvalue weighted by molar-refractivity contribution is 0.0202. The van der Waals surface area contributed by atoms with Gasteiger partial charge in [0.25, 0.3) is 5.91 Å². The molecule has 1 aliphatic heterocycles. The molecule has 4 nitrogen and oxygen atoms in total. The summed E-state index contributed by atoms with van der Waals surface area (Å²) in [6.45, 7) is 3.46. The van der Waals surface area contributed by atoms with E-state index in [4.69, 9.17) is 9.47 Å². The number of rotatable bonds is 7. The molecule has 1 aromatic rings. The van der Waals surface area contributed by atoms with Crippen molar-refractivity contribution in [2.45, 2.75) is 19.3 Å². The molecule has 2 rings (SSSR count). The second kappa shape index (κ2) is 9.22. The largest absolute Gasteiger partial charge is 0.381 e. The minimum atomic E-state index is -0.517. The first-order chi connectivity index (χ1) is 10.7. The molecule has 0 aromatic heterocycles. The monoisotopic (exact) mass is 373 g/mol.